The van der Waals surface area contributed by atoms with Crippen LogP contribution in [0.3, 0.4) is 0 Å². The average Bonchev–Trinajstić information content (AvgIpc) is 3.76. The van der Waals surface area contributed by atoms with Crippen LogP contribution in [0.5, 0.6) is 0 Å². The van der Waals surface area contributed by atoms with E-state index in [0.29, 0.717) is 0 Å². The molecule has 58 heavy (non-hydrogen) atoms. The van der Waals surface area contributed by atoms with E-state index in [1.54, 1.807) is 0 Å². The van der Waals surface area contributed by atoms with E-state index in [-0.39, 0.29) is 5.41 Å². The van der Waals surface area contributed by atoms with Crippen molar-refractivity contribution in [2.24, 2.45) is 0 Å². The van der Waals surface area contributed by atoms with Gasteiger partial charge in [0.05, 0.1) is 5.41 Å². The van der Waals surface area contributed by atoms with Gasteiger partial charge in [0.1, 0.15) is 0 Å². The molecular weight excluding hydrogens is 699 g/mol. The third-order valence-electron chi connectivity index (χ3n) is 12.5. The smallest absolute Gasteiger partial charge is 0.0725 e. The third kappa shape index (κ3) is 5.17. The van der Waals surface area contributed by atoms with E-state index in [1.165, 1.54) is 94.7 Å². The minimum Gasteiger partial charge on any atom is -0.310 e. The largest absolute Gasteiger partial charge is 0.310 e. The fraction of sp³-hybridized carbons (Fsp3) is 0.0526. The van der Waals surface area contributed by atoms with Gasteiger partial charge in [-0.05, 0) is 139 Å². The summed E-state index contributed by atoms with van der Waals surface area (Å²) in [5.41, 5.74) is 23.6. The summed E-state index contributed by atoms with van der Waals surface area (Å²) in [6.45, 7) is 4.52. The maximum atomic E-state index is 2.46. The third-order valence-corrected chi connectivity index (χ3v) is 12.5. The van der Waals surface area contributed by atoms with Crippen molar-refractivity contribution in [3.63, 3.8) is 0 Å². The number of anilines is 3. The molecule has 0 aliphatic heterocycles. The van der Waals surface area contributed by atoms with Crippen molar-refractivity contribution in [2.75, 3.05) is 4.90 Å². The van der Waals surface area contributed by atoms with Gasteiger partial charge >= 0.3 is 0 Å². The lowest BCUT2D eigenvalue weighted by Gasteiger charge is -2.30. The molecule has 0 fully saturated rings. The van der Waals surface area contributed by atoms with Gasteiger partial charge in [0.25, 0.3) is 0 Å². The minimum atomic E-state index is -0.348. The predicted octanol–water partition coefficient (Wildman–Crippen LogP) is 15.1. The Morgan fingerprint density at radius 2 is 0.707 bits per heavy atom. The fourth-order valence-corrected chi connectivity index (χ4v) is 9.93. The van der Waals surface area contributed by atoms with Crippen molar-refractivity contribution in [3.8, 4) is 55.6 Å². The Kier molecular flexibility index (Phi) is 7.91. The number of aryl methyl sites for hydroxylation is 1. The Bertz CT molecular complexity index is 2870. The highest BCUT2D eigenvalue weighted by molar-refractivity contribution is 5.96. The Hall–Kier alpha value is -7.22. The number of rotatable bonds is 6. The number of hydrogen-bond donors (Lipinski definition) is 0. The Morgan fingerprint density at radius 3 is 1.21 bits per heavy atom. The van der Waals surface area contributed by atoms with Crippen molar-refractivity contribution in [1.29, 1.82) is 0 Å². The summed E-state index contributed by atoms with van der Waals surface area (Å²) in [4.78, 5) is 2.43. The molecule has 0 saturated heterocycles. The Balaban J connectivity index is 1.07. The van der Waals surface area contributed by atoms with Gasteiger partial charge in [0.2, 0.25) is 0 Å². The first-order valence-electron chi connectivity index (χ1n) is 20.3. The van der Waals surface area contributed by atoms with Crippen LogP contribution in [-0.4, -0.2) is 0 Å². The number of hydrogen-bond acceptors (Lipinski definition) is 1. The second kappa shape index (κ2) is 13.5. The van der Waals surface area contributed by atoms with E-state index >= 15 is 0 Å². The van der Waals surface area contributed by atoms with Crippen molar-refractivity contribution in [2.45, 2.75) is 19.3 Å². The molecule has 1 spiro atoms. The van der Waals surface area contributed by atoms with Crippen molar-refractivity contribution in [1.82, 2.24) is 0 Å². The summed E-state index contributed by atoms with van der Waals surface area (Å²) < 4.78 is 0. The summed E-state index contributed by atoms with van der Waals surface area (Å²) in [6.07, 6.45) is 0. The molecule has 2 aliphatic rings. The molecule has 0 N–H and O–H groups in total. The molecule has 1 heteroatoms. The summed E-state index contributed by atoms with van der Waals surface area (Å²) >= 11 is 0. The quantitative estimate of drug-likeness (QED) is 0.164. The number of benzene rings is 9. The molecule has 0 amide bonds. The first kappa shape index (κ1) is 34.1. The SMILES string of the molecule is Cc1cc(-c2ccc3c(c2)-c2ccccc2C32c3ccccc3-c3ccccc32)c(C)c(N(c2ccc(-c3ccccc3)cc2)c2ccc(-c3ccccc3)cc2)c1. The lowest BCUT2D eigenvalue weighted by molar-refractivity contribution is 0.794. The molecule has 0 heterocycles. The van der Waals surface area contributed by atoms with Gasteiger partial charge in [-0.25, -0.2) is 0 Å². The van der Waals surface area contributed by atoms with Crippen molar-refractivity contribution in [3.05, 3.63) is 246 Å². The molecule has 0 atom stereocenters. The first-order chi connectivity index (χ1) is 28.6. The zero-order chi connectivity index (χ0) is 38.8. The van der Waals surface area contributed by atoms with Crippen molar-refractivity contribution < 1.29 is 0 Å². The highest BCUT2D eigenvalue weighted by atomic mass is 15.1. The lowest BCUT2D eigenvalue weighted by atomic mass is 9.70. The van der Waals surface area contributed by atoms with Gasteiger partial charge in [0.15, 0.2) is 0 Å². The van der Waals surface area contributed by atoms with Crippen LogP contribution in [-0.2, 0) is 5.41 Å². The van der Waals surface area contributed by atoms with Gasteiger partial charge in [-0.15, -0.1) is 0 Å². The zero-order valence-electron chi connectivity index (χ0n) is 32.7. The van der Waals surface area contributed by atoms with Crippen LogP contribution < -0.4 is 4.90 Å². The molecule has 11 rings (SSSR count). The van der Waals surface area contributed by atoms with E-state index in [1.807, 2.05) is 0 Å². The summed E-state index contributed by atoms with van der Waals surface area (Å²) in [6, 6.07) is 78.4. The summed E-state index contributed by atoms with van der Waals surface area (Å²) in [5.74, 6) is 0. The normalized spacial score (nSPS) is 12.8. The second-order valence-electron chi connectivity index (χ2n) is 15.8. The van der Waals surface area contributed by atoms with Gasteiger partial charge in [-0.1, -0.05) is 176 Å². The van der Waals surface area contributed by atoms with Crippen LogP contribution in [0.1, 0.15) is 33.4 Å². The average molecular weight is 740 g/mol. The van der Waals surface area contributed by atoms with Crippen LogP contribution in [0.15, 0.2) is 212 Å². The second-order valence-corrected chi connectivity index (χ2v) is 15.8. The maximum absolute atomic E-state index is 2.46. The molecule has 9 aromatic carbocycles. The minimum absolute atomic E-state index is 0.348. The molecule has 2 aliphatic carbocycles. The predicted molar refractivity (Wildman–Crippen MR) is 243 cm³/mol. The van der Waals surface area contributed by atoms with Crippen LogP contribution >= 0.6 is 0 Å². The van der Waals surface area contributed by atoms with Crippen LogP contribution in [0.4, 0.5) is 17.1 Å². The molecule has 9 aromatic rings. The molecule has 0 bridgehead atoms. The maximum Gasteiger partial charge on any atom is 0.0725 e. The molecule has 0 unspecified atom stereocenters. The van der Waals surface area contributed by atoms with E-state index in [9.17, 15) is 0 Å². The van der Waals surface area contributed by atoms with Gasteiger partial charge in [-0.3, -0.25) is 0 Å². The Morgan fingerprint density at radius 1 is 0.310 bits per heavy atom. The Labute approximate surface area is 341 Å². The lowest BCUT2D eigenvalue weighted by Crippen LogP contribution is -2.25. The van der Waals surface area contributed by atoms with Gasteiger partial charge in [0, 0.05) is 17.1 Å². The highest BCUT2D eigenvalue weighted by Gasteiger charge is 2.51. The highest BCUT2D eigenvalue weighted by Crippen LogP contribution is 2.63. The van der Waals surface area contributed by atoms with E-state index in [4.69, 9.17) is 0 Å². The monoisotopic (exact) mass is 739 g/mol. The van der Waals surface area contributed by atoms with E-state index in [2.05, 4.69) is 231 Å². The summed E-state index contributed by atoms with van der Waals surface area (Å²) in [7, 11) is 0. The number of fused-ring (bicyclic) bond motifs is 10. The van der Waals surface area contributed by atoms with E-state index in [0.717, 1.165) is 11.4 Å². The van der Waals surface area contributed by atoms with Gasteiger partial charge < -0.3 is 4.90 Å². The van der Waals surface area contributed by atoms with Gasteiger partial charge in [-0.2, -0.15) is 0 Å². The topological polar surface area (TPSA) is 3.24 Å². The molecular formula is C57H41N. The standard InChI is InChI=1S/C57H41N/c1-38-35-50(44-29-34-55-51(37-44)49-21-11-14-24-54(49)57(55)52-22-12-9-19-47(52)48-20-10-13-23-53(48)57)39(2)56(36-38)58(45-30-25-42(26-31-45)40-15-5-3-6-16-40)46-32-27-43(28-33-46)41-17-7-4-8-18-41/h3-37H,1-2H3. The molecule has 0 saturated carbocycles. The van der Waals surface area contributed by atoms with Crippen molar-refractivity contribution >= 4 is 17.1 Å². The van der Waals surface area contributed by atoms with Crippen LogP contribution in [0.2, 0.25) is 0 Å². The molecule has 274 valence electrons. The van der Waals surface area contributed by atoms with Crippen LogP contribution in [0, 0.1) is 13.8 Å². The van der Waals surface area contributed by atoms with Crippen LogP contribution in [0.25, 0.3) is 55.6 Å². The fourth-order valence-electron chi connectivity index (χ4n) is 9.93. The molecule has 1 nitrogen and oxygen atoms in total. The number of nitrogens with zero attached hydrogens (tertiary/aromatic N) is 1. The zero-order valence-corrected chi connectivity index (χ0v) is 32.7. The summed E-state index contributed by atoms with van der Waals surface area (Å²) in [5, 5.41) is 0. The molecule has 0 radical (unpaired) electrons. The molecule has 0 aromatic heterocycles. The first-order valence-corrected chi connectivity index (χ1v) is 20.3. The van der Waals surface area contributed by atoms with E-state index < -0.39 is 0 Å².